The normalized spacial score (nSPS) is 14.6. The molecule has 0 heterocycles. The molecule has 0 radical (unpaired) electrons. The predicted octanol–water partition coefficient (Wildman–Crippen LogP) is 2.36. The number of benzene rings is 1. The van der Waals surface area contributed by atoms with Crippen LogP contribution in [0.2, 0.25) is 0 Å². The zero-order valence-electron chi connectivity index (χ0n) is 15.1. The summed E-state index contributed by atoms with van der Waals surface area (Å²) in [6.07, 6.45) is 6.06. The van der Waals surface area contributed by atoms with Crippen LogP contribution >= 0.6 is 16.9 Å². The maximum absolute atomic E-state index is 13.2. The quantitative estimate of drug-likeness (QED) is 0.282. The summed E-state index contributed by atoms with van der Waals surface area (Å²) in [7, 11) is -3.06. The smallest absolute Gasteiger partial charge is 0.396 e. The molecule has 0 aliphatic carbocycles. The van der Waals surface area contributed by atoms with E-state index >= 15 is 0 Å². The minimum atomic E-state index is -4.10. The number of ether oxygens (including phenoxy) is 1. The molecule has 0 saturated carbocycles. The molecule has 0 aliphatic heterocycles. The Morgan fingerprint density at radius 1 is 1.41 bits per heavy atom. The van der Waals surface area contributed by atoms with Crippen LogP contribution in [0.3, 0.4) is 0 Å². The van der Waals surface area contributed by atoms with Crippen molar-refractivity contribution in [3.8, 4) is 12.3 Å². The number of hydrogen-bond donors (Lipinski definition) is 1. The Balaban J connectivity index is 3.48. The van der Waals surface area contributed by atoms with Crippen LogP contribution in [-0.4, -0.2) is 43.3 Å². The van der Waals surface area contributed by atoms with Gasteiger partial charge in [0, 0.05) is 5.25 Å². The van der Waals surface area contributed by atoms with Crippen molar-refractivity contribution >= 4 is 50.6 Å². The van der Waals surface area contributed by atoms with Crippen LogP contribution in [-0.2, 0) is 36.2 Å². The van der Waals surface area contributed by atoms with E-state index in [1.54, 1.807) is 18.2 Å². The molecule has 27 heavy (non-hydrogen) atoms. The van der Waals surface area contributed by atoms with Gasteiger partial charge in [-0.3, -0.25) is 9.88 Å². The highest BCUT2D eigenvalue weighted by Crippen LogP contribution is 2.62. The van der Waals surface area contributed by atoms with Gasteiger partial charge in [0.15, 0.2) is 5.54 Å². The number of carbonyl (C=O) groups is 2. The summed E-state index contributed by atoms with van der Waals surface area (Å²) in [6.45, 7) is 3.40. The van der Waals surface area contributed by atoms with E-state index in [1.807, 2.05) is 13.8 Å². The largest absolute Gasteiger partial charge is 0.462 e. The van der Waals surface area contributed by atoms with Crippen molar-refractivity contribution in [2.45, 2.75) is 30.4 Å². The number of amides is 1. The molecular formula is C16H21N2O5PS3. The van der Waals surface area contributed by atoms with Crippen molar-refractivity contribution in [3.05, 3.63) is 30.3 Å². The van der Waals surface area contributed by atoms with Gasteiger partial charge in [-0.05, 0) is 30.4 Å². The maximum atomic E-state index is 13.2. The number of nitrogens with zero attached hydrogens (tertiary/aromatic N) is 1. The van der Waals surface area contributed by atoms with Crippen LogP contribution in [0.4, 0.5) is 0 Å². The molecule has 1 aromatic rings. The molecule has 7 nitrogen and oxygen atoms in total. The standard InChI is InChI=1S/C16H21N2O5PS3/c1-5-12-18(27(21,22)14-10-8-7-9-11-14)24(25,26-13(3)6-2)17-15(19)16(20)23-4/h1,7-11,13H,6,12H2,2-4H3,(H,17,19,25). The maximum Gasteiger partial charge on any atom is 0.396 e. The van der Waals surface area contributed by atoms with Crippen LogP contribution in [0.15, 0.2) is 35.2 Å². The van der Waals surface area contributed by atoms with Crippen LogP contribution < -0.4 is 5.09 Å². The van der Waals surface area contributed by atoms with Gasteiger partial charge in [0.2, 0.25) is 10.0 Å². The molecule has 148 valence electrons. The number of hydrogen-bond acceptors (Lipinski definition) is 7. The van der Waals surface area contributed by atoms with Gasteiger partial charge in [-0.1, -0.05) is 49.3 Å². The number of terminal acetylenes is 1. The number of rotatable bonds is 8. The van der Waals surface area contributed by atoms with Gasteiger partial charge in [-0.25, -0.2) is 13.2 Å². The Bertz CT molecular complexity index is 868. The van der Waals surface area contributed by atoms with Gasteiger partial charge in [0.05, 0.1) is 18.6 Å². The number of sulfonamides is 1. The van der Waals surface area contributed by atoms with Crippen LogP contribution in [0.1, 0.15) is 20.3 Å². The van der Waals surface area contributed by atoms with Crippen molar-refractivity contribution in [2.24, 2.45) is 0 Å². The number of methoxy groups -OCH3 is 1. The third-order valence-electron chi connectivity index (χ3n) is 3.35. The Kier molecular flexibility index (Phi) is 8.99. The van der Waals surface area contributed by atoms with Gasteiger partial charge in [0.25, 0.3) is 0 Å². The summed E-state index contributed by atoms with van der Waals surface area (Å²) in [5.74, 6) is 0.0144. The Morgan fingerprint density at radius 2 is 2.00 bits per heavy atom. The molecule has 2 atom stereocenters. The topological polar surface area (TPSA) is 92.8 Å². The van der Waals surface area contributed by atoms with Crippen molar-refractivity contribution in [1.29, 1.82) is 0 Å². The molecule has 0 aliphatic rings. The Morgan fingerprint density at radius 3 is 2.48 bits per heavy atom. The molecule has 0 spiro atoms. The number of esters is 1. The first-order chi connectivity index (χ1) is 12.6. The molecule has 0 aromatic heterocycles. The van der Waals surface area contributed by atoms with Crippen molar-refractivity contribution in [2.75, 3.05) is 13.7 Å². The lowest BCUT2D eigenvalue weighted by Crippen LogP contribution is -2.38. The fraction of sp³-hybridized carbons (Fsp3) is 0.375. The first kappa shape index (κ1) is 23.7. The summed E-state index contributed by atoms with van der Waals surface area (Å²) in [5, 5.41) is 2.31. The third-order valence-corrected chi connectivity index (χ3v) is 13.5. The highest BCUT2D eigenvalue weighted by Gasteiger charge is 2.40. The van der Waals surface area contributed by atoms with Crippen LogP contribution in [0.25, 0.3) is 0 Å². The van der Waals surface area contributed by atoms with E-state index in [1.165, 1.54) is 12.1 Å². The van der Waals surface area contributed by atoms with E-state index in [0.29, 0.717) is 6.42 Å². The van der Waals surface area contributed by atoms with E-state index in [-0.39, 0.29) is 16.7 Å². The van der Waals surface area contributed by atoms with E-state index < -0.39 is 27.4 Å². The molecule has 0 fully saturated rings. The van der Waals surface area contributed by atoms with Gasteiger partial charge in [-0.2, -0.15) is 0 Å². The molecule has 2 unspecified atom stereocenters. The lowest BCUT2D eigenvalue weighted by Gasteiger charge is -2.33. The molecule has 1 rings (SSSR count). The fourth-order valence-corrected chi connectivity index (χ4v) is 12.4. The zero-order chi connectivity index (χ0) is 20.7. The molecule has 1 aromatic carbocycles. The minimum absolute atomic E-state index is 0.00783. The second-order valence-electron chi connectivity index (χ2n) is 5.28. The predicted molar refractivity (Wildman–Crippen MR) is 111 cm³/mol. The zero-order valence-corrected chi connectivity index (χ0v) is 18.5. The first-order valence-corrected chi connectivity index (χ1v) is 13.5. The Labute approximate surface area is 169 Å². The number of carbonyl (C=O) groups excluding carboxylic acids is 2. The van der Waals surface area contributed by atoms with Gasteiger partial charge >= 0.3 is 11.9 Å². The highest BCUT2D eigenvalue weighted by atomic mass is 32.9. The highest BCUT2D eigenvalue weighted by molar-refractivity contribution is 8.70. The second-order valence-corrected chi connectivity index (χ2v) is 14.7. The summed E-state index contributed by atoms with van der Waals surface area (Å²) < 4.78 is 31.7. The van der Waals surface area contributed by atoms with E-state index in [4.69, 9.17) is 18.2 Å². The van der Waals surface area contributed by atoms with Crippen LogP contribution in [0.5, 0.6) is 0 Å². The molecular weight excluding hydrogens is 427 g/mol. The van der Waals surface area contributed by atoms with Gasteiger partial charge in [-0.15, -0.1) is 10.5 Å². The summed E-state index contributed by atoms with van der Waals surface area (Å²) in [6, 6.07) is 7.63. The summed E-state index contributed by atoms with van der Waals surface area (Å²) in [5.41, 5.74) is -3.38. The molecule has 1 N–H and O–H groups in total. The lowest BCUT2D eigenvalue weighted by molar-refractivity contribution is -0.151. The molecule has 11 heteroatoms. The van der Waals surface area contributed by atoms with Gasteiger partial charge in [0.1, 0.15) is 0 Å². The lowest BCUT2D eigenvalue weighted by atomic mass is 10.4. The van der Waals surface area contributed by atoms with Crippen LogP contribution in [0, 0.1) is 12.3 Å². The fourth-order valence-electron chi connectivity index (χ4n) is 1.83. The SMILES string of the molecule is C#CCN(P(=S)(NC(=O)C(=O)OC)SC(C)CC)S(=O)(=O)c1ccccc1. The van der Waals surface area contributed by atoms with E-state index in [0.717, 1.165) is 22.6 Å². The summed E-state index contributed by atoms with van der Waals surface area (Å²) in [4.78, 5) is 23.7. The van der Waals surface area contributed by atoms with Crippen molar-refractivity contribution < 1.29 is 22.7 Å². The van der Waals surface area contributed by atoms with Gasteiger partial charge < -0.3 is 4.74 Å². The molecule has 1 amide bonds. The third kappa shape index (κ3) is 6.06. The van der Waals surface area contributed by atoms with E-state index in [2.05, 4.69) is 15.7 Å². The number of nitrogens with one attached hydrogen (secondary N) is 1. The average Bonchev–Trinajstić information content (AvgIpc) is 2.65. The Hall–Kier alpha value is -1.37. The first-order valence-electron chi connectivity index (χ1n) is 7.83. The average molecular weight is 449 g/mol. The molecule has 0 saturated heterocycles. The minimum Gasteiger partial charge on any atom is -0.462 e. The molecule has 0 bridgehead atoms. The summed E-state index contributed by atoms with van der Waals surface area (Å²) >= 11 is 6.72. The second kappa shape index (κ2) is 10.2. The monoisotopic (exact) mass is 448 g/mol. The van der Waals surface area contributed by atoms with E-state index in [9.17, 15) is 18.0 Å². The van der Waals surface area contributed by atoms with Crippen molar-refractivity contribution in [1.82, 2.24) is 9.16 Å². The van der Waals surface area contributed by atoms with Crippen molar-refractivity contribution in [3.63, 3.8) is 0 Å².